The van der Waals surface area contributed by atoms with E-state index in [1.165, 1.54) is 0 Å². The van der Waals surface area contributed by atoms with Gasteiger partial charge >= 0.3 is 0 Å². The topological polar surface area (TPSA) is 53.4 Å². The second kappa shape index (κ2) is 6.04. The van der Waals surface area contributed by atoms with Crippen molar-refractivity contribution in [3.63, 3.8) is 0 Å². The zero-order valence-corrected chi connectivity index (χ0v) is 11.0. The summed E-state index contributed by atoms with van der Waals surface area (Å²) < 4.78 is 13.1. The molecule has 0 spiro atoms. The molecule has 0 aliphatic carbocycles. The molecule has 1 aromatic heterocycles. The molecule has 0 bridgehead atoms. The fourth-order valence-electron chi connectivity index (χ4n) is 1.66. The summed E-state index contributed by atoms with van der Waals surface area (Å²) >= 11 is 0. The summed E-state index contributed by atoms with van der Waals surface area (Å²) in [6.45, 7) is 2.81. The van der Waals surface area contributed by atoms with Crippen molar-refractivity contribution in [2.24, 2.45) is 7.05 Å². The molecule has 0 fully saturated rings. The standard InChI is InChI=1S/C14H16N2O3/c1-3-18-14-6-11(8-17)4-5-13(14)19-9-12-7-15-10-16(12)2/h4-8,10H,3,9H2,1-2H3. The number of hydrogen-bond acceptors (Lipinski definition) is 4. The fourth-order valence-corrected chi connectivity index (χ4v) is 1.66. The van der Waals surface area contributed by atoms with Crippen molar-refractivity contribution < 1.29 is 14.3 Å². The molecule has 0 N–H and O–H groups in total. The number of nitrogens with zero attached hydrogens (tertiary/aromatic N) is 2. The third-order valence-corrected chi connectivity index (χ3v) is 2.70. The third-order valence-electron chi connectivity index (χ3n) is 2.70. The molecule has 1 heterocycles. The van der Waals surface area contributed by atoms with E-state index in [1.807, 2.05) is 18.5 Å². The van der Waals surface area contributed by atoms with E-state index in [0.29, 0.717) is 30.3 Å². The summed E-state index contributed by atoms with van der Waals surface area (Å²) in [4.78, 5) is 14.8. The van der Waals surface area contributed by atoms with E-state index >= 15 is 0 Å². The summed E-state index contributed by atoms with van der Waals surface area (Å²) in [7, 11) is 1.91. The Hall–Kier alpha value is -2.30. The molecule has 19 heavy (non-hydrogen) atoms. The van der Waals surface area contributed by atoms with Crippen LogP contribution in [0.2, 0.25) is 0 Å². The molecule has 0 amide bonds. The first-order valence-electron chi connectivity index (χ1n) is 6.04. The van der Waals surface area contributed by atoms with Crippen LogP contribution in [0.15, 0.2) is 30.7 Å². The van der Waals surface area contributed by atoms with E-state index < -0.39 is 0 Å². The summed E-state index contributed by atoms with van der Waals surface area (Å²) in [6.07, 6.45) is 4.26. The number of benzene rings is 1. The van der Waals surface area contributed by atoms with Gasteiger partial charge in [-0.3, -0.25) is 4.79 Å². The number of aldehydes is 1. The highest BCUT2D eigenvalue weighted by Crippen LogP contribution is 2.28. The lowest BCUT2D eigenvalue weighted by Crippen LogP contribution is -2.03. The van der Waals surface area contributed by atoms with Crippen molar-refractivity contribution in [1.82, 2.24) is 9.55 Å². The van der Waals surface area contributed by atoms with Gasteiger partial charge in [-0.05, 0) is 25.1 Å². The summed E-state index contributed by atoms with van der Waals surface area (Å²) in [5.41, 5.74) is 1.53. The molecular formula is C14H16N2O3. The van der Waals surface area contributed by atoms with Crippen LogP contribution < -0.4 is 9.47 Å². The lowest BCUT2D eigenvalue weighted by molar-refractivity contribution is 0.112. The van der Waals surface area contributed by atoms with Gasteiger partial charge in [0, 0.05) is 12.6 Å². The van der Waals surface area contributed by atoms with Gasteiger partial charge in [0.1, 0.15) is 12.9 Å². The van der Waals surface area contributed by atoms with Gasteiger partial charge in [-0.15, -0.1) is 0 Å². The first-order valence-corrected chi connectivity index (χ1v) is 6.04. The first kappa shape index (κ1) is 13.1. The molecule has 0 atom stereocenters. The summed E-state index contributed by atoms with van der Waals surface area (Å²) in [5.74, 6) is 1.20. The Bertz CT molecular complexity index is 564. The zero-order chi connectivity index (χ0) is 13.7. The van der Waals surface area contributed by atoms with Gasteiger partial charge in [0.05, 0.1) is 24.8 Å². The number of carbonyl (C=O) groups is 1. The molecule has 0 unspecified atom stereocenters. The number of carbonyl (C=O) groups excluding carboxylic acids is 1. The highest BCUT2D eigenvalue weighted by atomic mass is 16.5. The highest BCUT2D eigenvalue weighted by molar-refractivity contribution is 5.76. The average molecular weight is 260 g/mol. The molecule has 100 valence electrons. The molecule has 0 aliphatic rings. The molecule has 0 saturated heterocycles. The predicted octanol–water partition coefficient (Wildman–Crippen LogP) is 2.21. The minimum Gasteiger partial charge on any atom is -0.490 e. The Labute approximate surface area is 111 Å². The monoisotopic (exact) mass is 260 g/mol. The smallest absolute Gasteiger partial charge is 0.161 e. The molecule has 5 nitrogen and oxygen atoms in total. The van der Waals surface area contributed by atoms with Crippen LogP contribution in [-0.2, 0) is 13.7 Å². The minimum absolute atomic E-state index is 0.400. The van der Waals surface area contributed by atoms with Gasteiger partial charge in [-0.2, -0.15) is 0 Å². The normalized spacial score (nSPS) is 10.2. The number of ether oxygens (including phenoxy) is 2. The molecule has 0 aliphatic heterocycles. The quantitative estimate of drug-likeness (QED) is 0.747. The van der Waals surface area contributed by atoms with Gasteiger partial charge in [-0.1, -0.05) is 0 Å². The summed E-state index contributed by atoms with van der Waals surface area (Å²) in [6, 6.07) is 5.12. The maximum Gasteiger partial charge on any atom is 0.161 e. The number of aromatic nitrogens is 2. The SMILES string of the molecule is CCOc1cc(C=O)ccc1OCc1cncn1C. The summed E-state index contributed by atoms with van der Waals surface area (Å²) in [5, 5.41) is 0. The Morgan fingerprint density at radius 1 is 1.32 bits per heavy atom. The van der Waals surface area contributed by atoms with Crippen LogP contribution in [0.3, 0.4) is 0 Å². The van der Waals surface area contributed by atoms with Crippen molar-refractivity contribution in [1.29, 1.82) is 0 Å². The Balaban J connectivity index is 2.14. The van der Waals surface area contributed by atoms with Gasteiger partial charge in [-0.25, -0.2) is 4.98 Å². The molecule has 0 saturated carbocycles. The molecule has 2 rings (SSSR count). The van der Waals surface area contributed by atoms with Gasteiger partial charge < -0.3 is 14.0 Å². The van der Waals surface area contributed by atoms with Crippen LogP contribution in [0.25, 0.3) is 0 Å². The highest BCUT2D eigenvalue weighted by Gasteiger charge is 2.07. The lowest BCUT2D eigenvalue weighted by atomic mass is 10.2. The Kier molecular flexibility index (Phi) is 4.18. The maximum absolute atomic E-state index is 10.8. The number of hydrogen-bond donors (Lipinski definition) is 0. The number of rotatable bonds is 6. The molecule has 5 heteroatoms. The zero-order valence-electron chi connectivity index (χ0n) is 11.0. The van der Waals surface area contributed by atoms with E-state index in [4.69, 9.17) is 9.47 Å². The van der Waals surface area contributed by atoms with E-state index in [0.717, 1.165) is 12.0 Å². The molecule has 2 aromatic rings. The van der Waals surface area contributed by atoms with Crippen LogP contribution >= 0.6 is 0 Å². The van der Waals surface area contributed by atoms with Crippen LogP contribution in [0.1, 0.15) is 23.0 Å². The van der Waals surface area contributed by atoms with E-state index in [9.17, 15) is 4.79 Å². The molecule has 1 aromatic carbocycles. The van der Waals surface area contributed by atoms with Crippen molar-refractivity contribution >= 4 is 6.29 Å². The van der Waals surface area contributed by atoms with Crippen LogP contribution in [0.4, 0.5) is 0 Å². The van der Waals surface area contributed by atoms with Crippen LogP contribution in [0, 0.1) is 0 Å². The number of aryl methyl sites for hydroxylation is 1. The first-order chi connectivity index (χ1) is 9.24. The van der Waals surface area contributed by atoms with Crippen molar-refractivity contribution in [3.05, 3.63) is 42.0 Å². The van der Waals surface area contributed by atoms with Crippen molar-refractivity contribution in [3.8, 4) is 11.5 Å². The molecule has 0 radical (unpaired) electrons. The lowest BCUT2D eigenvalue weighted by Gasteiger charge is -2.12. The maximum atomic E-state index is 10.8. The van der Waals surface area contributed by atoms with E-state index in [1.54, 1.807) is 30.7 Å². The fraction of sp³-hybridized carbons (Fsp3) is 0.286. The van der Waals surface area contributed by atoms with Gasteiger partial charge in [0.2, 0.25) is 0 Å². The van der Waals surface area contributed by atoms with Gasteiger partial charge in [0.15, 0.2) is 11.5 Å². The van der Waals surface area contributed by atoms with Crippen molar-refractivity contribution in [2.45, 2.75) is 13.5 Å². The molecular weight excluding hydrogens is 244 g/mol. The second-order valence-electron chi connectivity index (χ2n) is 4.04. The minimum atomic E-state index is 0.400. The largest absolute Gasteiger partial charge is 0.490 e. The second-order valence-corrected chi connectivity index (χ2v) is 4.04. The third kappa shape index (κ3) is 3.13. The average Bonchev–Trinajstić information content (AvgIpc) is 2.83. The van der Waals surface area contributed by atoms with Crippen LogP contribution in [-0.4, -0.2) is 22.4 Å². The van der Waals surface area contributed by atoms with E-state index in [-0.39, 0.29) is 0 Å². The predicted molar refractivity (Wildman–Crippen MR) is 70.5 cm³/mol. The Morgan fingerprint density at radius 2 is 2.16 bits per heavy atom. The Morgan fingerprint density at radius 3 is 2.79 bits per heavy atom. The van der Waals surface area contributed by atoms with Crippen LogP contribution in [0.5, 0.6) is 11.5 Å². The van der Waals surface area contributed by atoms with Gasteiger partial charge in [0.25, 0.3) is 0 Å². The van der Waals surface area contributed by atoms with Crippen molar-refractivity contribution in [2.75, 3.05) is 6.61 Å². The van der Waals surface area contributed by atoms with E-state index in [2.05, 4.69) is 4.98 Å². The number of imidazole rings is 1.